The van der Waals surface area contributed by atoms with E-state index >= 15 is 0 Å². The van der Waals surface area contributed by atoms with Crippen LogP contribution in [0.5, 0.6) is 0 Å². The van der Waals surface area contributed by atoms with Crippen LogP contribution >= 0.6 is 19.2 Å². The van der Waals surface area contributed by atoms with Crippen molar-refractivity contribution in [3.05, 3.63) is 47.3 Å². The summed E-state index contributed by atoms with van der Waals surface area (Å²) < 4.78 is 45.2. The van der Waals surface area contributed by atoms with Gasteiger partial charge in [0.25, 0.3) is 0 Å². The number of hydrogen-bond donors (Lipinski definition) is 1. The van der Waals surface area contributed by atoms with Gasteiger partial charge in [0.1, 0.15) is 24.0 Å². The molecule has 4 rings (SSSR count). The fourth-order valence-corrected chi connectivity index (χ4v) is 5.07. The van der Waals surface area contributed by atoms with Gasteiger partial charge in [-0.2, -0.15) is 0 Å². The number of benzene rings is 1. The lowest BCUT2D eigenvalue weighted by molar-refractivity contribution is 0.0339. The number of rotatable bonds is 6. The molecule has 3 atom stereocenters. The summed E-state index contributed by atoms with van der Waals surface area (Å²) in [6, 6.07) is 4.10. The molecule has 0 spiro atoms. The first kappa shape index (κ1) is 21.1. The van der Waals surface area contributed by atoms with Crippen LogP contribution < -0.4 is 5.73 Å². The highest BCUT2D eigenvalue weighted by atomic mass is 35.5. The fraction of sp³-hybridized carbons (Fsp3) is 0.389. The molecule has 2 aromatic heterocycles. The Bertz CT molecular complexity index is 1090. The molecule has 12 heteroatoms. The molecule has 0 bridgehead atoms. The number of nitrogens with zero attached hydrogens (tertiary/aromatic N) is 4. The summed E-state index contributed by atoms with van der Waals surface area (Å²) in [7, 11) is -3.52. The molecule has 3 heterocycles. The first-order valence-corrected chi connectivity index (χ1v) is 11.3. The second-order valence-corrected chi connectivity index (χ2v) is 9.35. The Morgan fingerprint density at radius 2 is 2.23 bits per heavy atom. The van der Waals surface area contributed by atoms with Crippen LogP contribution in [-0.4, -0.2) is 38.6 Å². The molecular weight excluding hydrogens is 436 g/mol. The topological polar surface area (TPSA) is 114 Å². The van der Waals surface area contributed by atoms with E-state index in [4.69, 9.17) is 31.1 Å². The Morgan fingerprint density at radius 1 is 1.40 bits per heavy atom. The Morgan fingerprint density at radius 3 is 3.03 bits per heavy atom. The maximum absolute atomic E-state index is 13.7. The summed E-state index contributed by atoms with van der Waals surface area (Å²) in [5.74, 6) is -0.187. The van der Waals surface area contributed by atoms with E-state index < -0.39 is 19.5 Å². The third-order valence-corrected chi connectivity index (χ3v) is 6.45. The summed E-state index contributed by atoms with van der Waals surface area (Å²) in [6.07, 6.45) is 2.21. The van der Waals surface area contributed by atoms with Crippen molar-refractivity contribution in [3.63, 3.8) is 0 Å². The van der Waals surface area contributed by atoms with E-state index in [0.717, 1.165) is 0 Å². The van der Waals surface area contributed by atoms with Crippen LogP contribution in [-0.2, 0) is 24.9 Å². The molecule has 1 aliphatic heterocycles. The maximum Gasteiger partial charge on any atom is 0.356 e. The van der Waals surface area contributed by atoms with Gasteiger partial charge in [-0.25, -0.2) is 19.3 Å². The average Bonchev–Trinajstić information content (AvgIpc) is 3.10. The normalized spacial score (nSPS) is 23.0. The van der Waals surface area contributed by atoms with Crippen molar-refractivity contribution in [1.82, 2.24) is 19.5 Å². The zero-order valence-electron chi connectivity index (χ0n) is 16.1. The van der Waals surface area contributed by atoms with Crippen molar-refractivity contribution < 1.29 is 22.7 Å². The number of ether oxygens (including phenoxy) is 1. The molecule has 0 aliphatic carbocycles. The van der Waals surface area contributed by atoms with Gasteiger partial charge in [-0.1, -0.05) is 11.6 Å². The predicted octanol–water partition coefficient (Wildman–Crippen LogP) is 3.93. The van der Waals surface area contributed by atoms with Crippen molar-refractivity contribution in [2.24, 2.45) is 0 Å². The molecule has 2 unspecified atom stereocenters. The van der Waals surface area contributed by atoms with Gasteiger partial charge in [0.05, 0.1) is 31.7 Å². The molecule has 0 saturated carbocycles. The molecule has 0 radical (unpaired) electrons. The molecular formula is C18H20ClFN5O4P. The van der Waals surface area contributed by atoms with Gasteiger partial charge in [-0.3, -0.25) is 9.09 Å². The number of imidazole rings is 1. The molecule has 3 aromatic rings. The zero-order chi connectivity index (χ0) is 21.3. The molecule has 30 heavy (non-hydrogen) atoms. The third-order valence-electron chi connectivity index (χ3n) is 4.61. The summed E-state index contributed by atoms with van der Waals surface area (Å²) in [4.78, 5) is 12.3. The number of nitrogens with two attached hydrogens (primary N) is 1. The Kier molecular flexibility index (Phi) is 6.04. The van der Waals surface area contributed by atoms with Crippen LogP contribution in [0.2, 0.25) is 5.02 Å². The van der Waals surface area contributed by atoms with Crippen molar-refractivity contribution in [2.45, 2.75) is 32.1 Å². The van der Waals surface area contributed by atoms with Crippen LogP contribution in [0.1, 0.15) is 25.0 Å². The zero-order valence-corrected chi connectivity index (χ0v) is 17.7. The minimum absolute atomic E-state index is 0.205. The van der Waals surface area contributed by atoms with Gasteiger partial charge >= 0.3 is 7.60 Å². The van der Waals surface area contributed by atoms with E-state index in [2.05, 4.69) is 15.0 Å². The fourth-order valence-electron chi connectivity index (χ4n) is 3.21. The van der Waals surface area contributed by atoms with Crippen molar-refractivity contribution in [2.75, 3.05) is 18.7 Å². The van der Waals surface area contributed by atoms with E-state index in [1.807, 2.05) is 6.92 Å². The Labute approximate surface area is 176 Å². The van der Waals surface area contributed by atoms with E-state index in [0.29, 0.717) is 35.5 Å². The third kappa shape index (κ3) is 4.63. The van der Waals surface area contributed by atoms with Gasteiger partial charge in [-0.15, -0.1) is 0 Å². The van der Waals surface area contributed by atoms with Gasteiger partial charge in [0.2, 0.25) is 0 Å². The highest BCUT2D eigenvalue weighted by Gasteiger charge is 2.35. The van der Waals surface area contributed by atoms with Crippen LogP contribution in [0.25, 0.3) is 11.2 Å². The number of aromatic nitrogens is 4. The Balaban J connectivity index is 1.39. The van der Waals surface area contributed by atoms with Gasteiger partial charge in [-0.05, 0) is 30.7 Å². The molecule has 1 saturated heterocycles. The summed E-state index contributed by atoms with van der Waals surface area (Å²) in [6.45, 7) is 2.42. The van der Waals surface area contributed by atoms with Gasteiger partial charge < -0.3 is 19.6 Å². The quantitative estimate of drug-likeness (QED) is 0.556. The summed E-state index contributed by atoms with van der Waals surface area (Å²) in [5.41, 5.74) is 7.40. The van der Waals surface area contributed by atoms with Crippen molar-refractivity contribution in [1.29, 1.82) is 0 Å². The molecule has 2 N–H and O–H groups in total. The van der Waals surface area contributed by atoms with Crippen LogP contribution in [0.15, 0.2) is 30.9 Å². The smallest absolute Gasteiger partial charge is 0.356 e. The lowest BCUT2D eigenvalue weighted by atomic mass is 10.1. The lowest BCUT2D eigenvalue weighted by Gasteiger charge is -2.30. The molecule has 1 aliphatic rings. The van der Waals surface area contributed by atoms with E-state index in [-0.39, 0.29) is 24.1 Å². The number of fused-ring (bicyclic) bond motifs is 1. The SMILES string of the molecule is CC(Cn1cnc2c(N)ncnc21)OCP1(=O)OCC[C@@H](c2cc(F)cc(Cl)c2)O1. The molecule has 9 nitrogen and oxygen atoms in total. The first-order chi connectivity index (χ1) is 14.3. The maximum atomic E-state index is 13.7. The molecule has 1 fully saturated rings. The van der Waals surface area contributed by atoms with Gasteiger partial charge in [0, 0.05) is 11.4 Å². The summed E-state index contributed by atoms with van der Waals surface area (Å²) >= 11 is 5.92. The molecule has 0 amide bonds. The highest BCUT2D eigenvalue weighted by molar-refractivity contribution is 7.53. The van der Waals surface area contributed by atoms with E-state index in [1.54, 1.807) is 17.0 Å². The largest absolute Gasteiger partial charge is 0.382 e. The number of hydrogen-bond acceptors (Lipinski definition) is 8. The standard InChI is InChI=1S/C18H20ClFN5O4P/c1-11(7-25-9-24-16-17(21)22-8-23-18(16)25)27-10-30(26)28-3-2-15(29-30)12-4-13(19)6-14(20)5-12/h4-6,8-9,11,15H,2-3,7,10H2,1H3,(H2,21,22,23)/t11?,15-,30?/m0/s1. The molecule has 160 valence electrons. The number of nitrogen functional groups attached to an aromatic ring is 1. The first-order valence-electron chi connectivity index (χ1n) is 9.24. The van der Waals surface area contributed by atoms with E-state index in [9.17, 15) is 8.96 Å². The molecule has 1 aromatic carbocycles. The van der Waals surface area contributed by atoms with Crippen LogP contribution in [0.3, 0.4) is 0 Å². The lowest BCUT2D eigenvalue weighted by Crippen LogP contribution is -2.21. The van der Waals surface area contributed by atoms with Crippen LogP contribution in [0.4, 0.5) is 10.2 Å². The minimum Gasteiger partial charge on any atom is -0.382 e. The van der Waals surface area contributed by atoms with E-state index in [1.165, 1.54) is 18.5 Å². The number of anilines is 1. The van der Waals surface area contributed by atoms with Crippen LogP contribution in [0, 0.1) is 5.82 Å². The van der Waals surface area contributed by atoms with Gasteiger partial charge in [0.15, 0.2) is 11.5 Å². The monoisotopic (exact) mass is 455 g/mol. The van der Waals surface area contributed by atoms with Crippen molar-refractivity contribution in [3.8, 4) is 0 Å². The highest BCUT2D eigenvalue weighted by Crippen LogP contribution is 2.56. The predicted molar refractivity (Wildman–Crippen MR) is 109 cm³/mol. The minimum atomic E-state index is -3.52. The second kappa shape index (κ2) is 8.56. The summed E-state index contributed by atoms with van der Waals surface area (Å²) in [5, 5.41) is 0.247. The van der Waals surface area contributed by atoms with Crippen molar-refractivity contribution >= 4 is 36.2 Å². The average molecular weight is 456 g/mol. The number of halogens is 2. The Hall–Kier alpha value is -2.10. The second-order valence-electron chi connectivity index (χ2n) is 6.96.